The zero-order valence-corrected chi connectivity index (χ0v) is 19.1. The molecule has 0 aliphatic carbocycles. The molecule has 1 unspecified atom stereocenters. The first-order valence-corrected chi connectivity index (χ1v) is 11.0. The molecule has 1 amide bonds. The number of nitrogens with two attached hydrogens (primary N) is 1. The summed E-state index contributed by atoms with van der Waals surface area (Å²) in [6.45, 7) is 2.76. The van der Waals surface area contributed by atoms with Gasteiger partial charge in [0.25, 0.3) is 5.91 Å². The van der Waals surface area contributed by atoms with E-state index in [4.69, 9.17) is 10.5 Å². The predicted molar refractivity (Wildman–Crippen MR) is 120 cm³/mol. The van der Waals surface area contributed by atoms with Crippen LogP contribution >= 0.6 is 0 Å². The summed E-state index contributed by atoms with van der Waals surface area (Å²) in [4.78, 5) is 20.4. The summed E-state index contributed by atoms with van der Waals surface area (Å²) < 4.78 is 52.1. The molecule has 1 aromatic carbocycles. The zero-order chi connectivity index (χ0) is 25.5. The highest BCUT2D eigenvalue weighted by Gasteiger charge is 2.42. The first-order valence-electron chi connectivity index (χ1n) is 11.0. The van der Waals surface area contributed by atoms with E-state index in [0.717, 1.165) is 12.1 Å². The minimum atomic E-state index is -2.21. The number of hydrogen-bond donors (Lipinski definition) is 3. The minimum Gasteiger partial charge on any atom is -0.386 e. The van der Waals surface area contributed by atoms with E-state index >= 15 is 13.2 Å². The average Bonchev–Trinajstić information content (AvgIpc) is 2.79. The molecule has 1 aliphatic heterocycles. The maximum atomic E-state index is 16.2. The van der Waals surface area contributed by atoms with Crippen molar-refractivity contribution in [1.82, 2.24) is 9.97 Å². The van der Waals surface area contributed by atoms with E-state index in [1.807, 2.05) is 0 Å². The molecule has 3 aromatic rings. The molecule has 7 nitrogen and oxygen atoms in total. The third-order valence-electron chi connectivity index (χ3n) is 5.95. The largest absolute Gasteiger partial charge is 0.386 e. The van der Waals surface area contributed by atoms with E-state index in [1.54, 1.807) is 0 Å². The second-order valence-electron chi connectivity index (χ2n) is 8.94. The van der Waals surface area contributed by atoms with Gasteiger partial charge in [0, 0.05) is 29.9 Å². The van der Waals surface area contributed by atoms with Crippen LogP contribution in [0.2, 0.25) is 0 Å². The van der Waals surface area contributed by atoms with Crippen molar-refractivity contribution in [1.29, 1.82) is 0 Å². The average molecular weight is 487 g/mol. The third-order valence-corrected chi connectivity index (χ3v) is 5.95. The number of aromatic nitrogens is 2. The molecule has 4 rings (SSSR count). The van der Waals surface area contributed by atoms with E-state index in [-0.39, 0.29) is 29.7 Å². The SMILES string of the molecule is CC(C)(O)c1cc(F)c(-c2nc(C(N)=O)c(-c3cccnc3)c(C3(O)CCCCO3)c2F)c(F)c1. The van der Waals surface area contributed by atoms with Crippen LogP contribution in [0.25, 0.3) is 22.4 Å². The lowest BCUT2D eigenvalue weighted by molar-refractivity contribution is -0.234. The smallest absolute Gasteiger partial charge is 0.267 e. The third kappa shape index (κ3) is 4.52. The van der Waals surface area contributed by atoms with E-state index in [9.17, 15) is 15.0 Å². The van der Waals surface area contributed by atoms with Gasteiger partial charge in [0.05, 0.1) is 23.3 Å². The maximum Gasteiger partial charge on any atom is 0.267 e. The molecule has 2 aromatic heterocycles. The number of pyridine rings is 2. The van der Waals surface area contributed by atoms with E-state index in [2.05, 4.69) is 9.97 Å². The molecular weight excluding hydrogens is 463 g/mol. The van der Waals surface area contributed by atoms with Crippen LogP contribution in [-0.4, -0.2) is 32.7 Å². The molecule has 1 aliphatic rings. The summed E-state index contributed by atoms with van der Waals surface area (Å²) in [6.07, 6.45) is 3.80. The van der Waals surface area contributed by atoms with E-state index in [1.165, 1.54) is 38.4 Å². The number of halogens is 3. The van der Waals surface area contributed by atoms with Crippen LogP contribution in [0.3, 0.4) is 0 Å². The summed E-state index contributed by atoms with van der Waals surface area (Å²) in [7, 11) is 0. The standard InChI is InChI=1S/C25H24F3N3O4/c1-24(2,33)14-10-15(26)18(16(27)11-14)21-20(28)19(25(34)7-3-4-9-35-25)17(22(31-21)23(29)32)13-6-5-8-30-12-13/h5-6,8,10-12,33-34H,3-4,7,9H2,1-2H3,(H2,29,32). The van der Waals surface area contributed by atoms with Crippen LogP contribution < -0.4 is 5.73 Å². The van der Waals surface area contributed by atoms with Gasteiger partial charge in [-0.3, -0.25) is 9.78 Å². The van der Waals surface area contributed by atoms with Gasteiger partial charge in [0.2, 0.25) is 0 Å². The molecule has 10 heteroatoms. The summed E-state index contributed by atoms with van der Waals surface area (Å²) in [5.74, 6) is -7.04. The Balaban J connectivity index is 2.10. The Morgan fingerprint density at radius 3 is 2.37 bits per heavy atom. The molecule has 0 spiro atoms. The van der Waals surface area contributed by atoms with Crippen LogP contribution in [0.4, 0.5) is 13.2 Å². The summed E-state index contributed by atoms with van der Waals surface area (Å²) in [6, 6.07) is 4.73. The molecule has 1 atom stereocenters. The Kier molecular flexibility index (Phi) is 6.39. The molecular formula is C25H24F3N3O4. The van der Waals surface area contributed by atoms with Crippen LogP contribution in [0, 0.1) is 17.5 Å². The van der Waals surface area contributed by atoms with Gasteiger partial charge in [0.15, 0.2) is 11.6 Å². The van der Waals surface area contributed by atoms with Crippen molar-refractivity contribution in [3.05, 3.63) is 70.9 Å². The Morgan fingerprint density at radius 2 is 1.86 bits per heavy atom. The number of ether oxygens (including phenoxy) is 1. The fourth-order valence-corrected chi connectivity index (χ4v) is 4.20. The number of primary amides is 1. The van der Waals surface area contributed by atoms with E-state index < -0.39 is 57.3 Å². The monoisotopic (exact) mass is 487 g/mol. The normalized spacial score (nSPS) is 18.5. The Morgan fingerprint density at radius 1 is 1.17 bits per heavy atom. The number of hydrogen-bond acceptors (Lipinski definition) is 6. The highest BCUT2D eigenvalue weighted by atomic mass is 19.1. The minimum absolute atomic E-state index is 0.0402. The topological polar surface area (TPSA) is 119 Å². The van der Waals surface area contributed by atoms with Gasteiger partial charge < -0.3 is 20.7 Å². The fraction of sp³-hybridized carbons (Fsp3) is 0.320. The summed E-state index contributed by atoms with van der Waals surface area (Å²) in [5, 5.41) is 21.5. The van der Waals surface area contributed by atoms with Crippen LogP contribution in [0.15, 0.2) is 36.7 Å². The lowest BCUT2D eigenvalue weighted by atomic mass is 9.87. The Bertz CT molecular complexity index is 1260. The lowest BCUT2D eigenvalue weighted by Crippen LogP contribution is -2.36. The molecule has 3 heterocycles. The molecule has 0 radical (unpaired) electrons. The highest BCUT2D eigenvalue weighted by molar-refractivity contribution is 5.99. The zero-order valence-electron chi connectivity index (χ0n) is 19.1. The number of nitrogens with zero attached hydrogens (tertiary/aromatic N) is 2. The van der Waals surface area contributed by atoms with Gasteiger partial charge in [0.1, 0.15) is 23.0 Å². The number of carbonyl (C=O) groups is 1. The first kappa shape index (κ1) is 24.8. The molecule has 35 heavy (non-hydrogen) atoms. The number of amides is 1. The van der Waals surface area contributed by atoms with Crippen molar-refractivity contribution in [3.8, 4) is 22.4 Å². The van der Waals surface area contributed by atoms with Gasteiger partial charge in [-0.15, -0.1) is 0 Å². The van der Waals surface area contributed by atoms with E-state index in [0.29, 0.717) is 12.8 Å². The molecule has 4 N–H and O–H groups in total. The first-order chi connectivity index (χ1) is 16.4. The van der Waals surface area contributed by atoms with Crippen LogP contribution in [0.1, 0.15) is 54.7 Å². The second-order valence-corrected chi connectivity index (χ2v) is 8.94. The van der Waals surface area contributed by atoms with Crippen molar-refractivity contribution < 1.29 is 32.9 Å². The lowest BCUT2D eigenvalue weighted by Gasteiger charge is -2.35. The number of benzene rings is 1. The maximum absolute atomic E-state index is 16.2. The summed E-state index contributed by atoms with van der Waals surface area (Å²) in [5.41, 5.74) is 1.16. The fourth-order valence-electron chi connectivity index (χ4n) is 4.20. The van der Waals surface area contributed by atoms with Crippen molar-refractivity contribution in [3.63, 3.8) is 0 Å². The predicted octanol–water partition coefficient (Wildman–Crippen LogP) is 3.90. The van der Waals surface area contributed by atoms with Gasteiger partial charge in [-0.2, -0.15) is 0 Å². The molecule has 184 valence electrons. The van der Waals surface area contributed by atoms with Gasteiger partial charge in [-0.1, -0.05) is 6.07 Å². The number of rotatable bonds is 5. The van der Waals surface area contributed by atoms with Gasteiger partial charge >= 0.3 is 0 Å². The molecule has 0 saturated carbocycles. The molecule has 0 bridgehead atoms. The molecule has 1 saturated heterocycles. The second kappa shape index (κ2) is 9.03. The van der Waals surface area contributed by atoms with Gasteiger partial charge in [-0.25, -0.2) is 18.2 Å². The van der Waals surface area contributed by atoms with Gasteiger partial charge in [-0.05, 0) is 50.5 Å². The highest BCUT2D eigenvalue weighted by Crippen LogP contribution is 2.44. The van der Waals surface area contributed by atoms with Crippen molar-refractivity contribution >= 4 is 5.91 Å². The Labute approximate surface area is 199 Å². The van der Waals surface area contributed by atoms with Crippen LogP contribution in [0.5, 0.6) is 0 Å². The van der Waals surface area contributed by atoms with Crippen molar-refractivity contribution in [2.75, 3.05) is 6.61 Å². The molecule has 1 fully saturated rings. The summed E-state index contributed by atoms with van der Waals surface area (Å²) >= 11 is 0. The number of carbonyl (C=O) groups excluding carboxylic acids is 1. The van der Waals surface area contributed by atoms with Crippen molar-refractivity contribution in [2.45, 2.75) is 44.5 Å². The quantitative estimate of drug-likeness (QED) is 0.502. The number of aliphatic hydroxyl groups is 2. The van der Waals surface area contributed by atoms with Crippen molar-refractivity contribution in [2.24, 2.45) is 5.73 Å². The Hall–Kier alpha value is -3.34. The van der Waals surface area contributed by atoms with Crippen LogP contribution in [-0.2, 0) is 16.1 Å².